The molecule has 1 unspecified atom stereocenters. The molecule has 2 fully saturated rings. The summed E-state index contributed by atoms with van der Waals surface area (Å²) in [6.45, 7) is 12.1. The van der Waals surface area contributed by atoms with Gasteiger partial charge in [0.1, 0.15) is 5.60 Å². The maximum Gasteiger partial charge on any atom is 0.410 e. The highest BCUT2D eigenvalue weighted by Crippen LogP contribution is 2.35. The zero-order valence-electron chi connectivity index (χ0n) is 15.1. The Morgan fingerprint density at radius 1 is 1.14 bits per heavy atom. The van der Waals surface area contributed by atoms with E-state index in [4.69, 9.17) is 4.74 Å². The minimum absolute atomic E-state index is 0.162. The Morgan fingerprint density at radius 2 is 1.77 bits per heavy atom. The second kappa shape index (κ2) is 6.77. The second-order valence-electron chi connectivity index (χ2n) is 8.87. The molecule has 0 aromatic heterocycles. The third-order valence-corrected chi connectivity index (χ3v) is 4.82. The van der Waals surface area contributed by atoms with Crippen LogP contribution >= 0.6 is 0 Å². The zero-order valence-corrected chi connectivity index (χ0v) is 15.1. The lowest BCUT2D eigenvalue weighted by molar-refractivity contribution is 0.0192. The van der Waals surface area contributed by atoms with E-state index in [1.54, 1.807) is 0 Å². The Hall–Kier alpha value is -0.770. The SMILES string of the molecule is CC1(C)CCCC(NC2CCN(C(=O)OC(C)(C)C)CC2)C1. The average Bonchev–Trinajstić information content (AvgIpc) is 2.36. The van der Waals surface area contributed by atoms with E-state index in [2.05, 4.69) is 19.2 Å². The molecule has 2 aliphatic rings. The maximum atomic E-state index is 12.1. The van der Waals surface area contributed by atoms with Crippen LogP contribution in [0.3, 0.4) is 0 Å². The summed E-state index contributed by atoms with van der Waals surface area (Å²) in [5.41, 5.74) is 0.0764. The number of ether oxygens (including phenoxy) is 1. The molecular formula is C18H34N2O2. The van der Waals surface area contributed by atoms with Crippen molar-refractivity contribution in [1.82, 2.24) is 10.2 Å². The highest BCUT2D eigenvalue weighted by molar-refractivity contribution is 5.68. The Bertz CT molecular complexity index is 379. The number of amides is 1. The summed E-state index contributed by atoms with van der Waals surface area (Å²) in [4.78, 5) is 13.9. The number of nitrogens with zero attached hydrogens (tertiary/aromatic N) is 1. The molecule has 1 aliphatic heterocycles. The third-order valence-electron chi connectivity index (χ3n) is 4.82. The fourth-order valence-corrected chi connectivity index (χ4v) is 3.73. The summed E-state index contributed by atoms with van der Waals surface area (Å²) in [6.07, 6.45) is 7.18. The van der Waals surface area contributed by atoms with Crippen LogP contribution in [0.4, 0.5) is 4.79 Å². The third kappa shape index (κ3) is 5.45. The van der Waals surface area contributed by atoms with Gasteiger partial charge in [0.2, 0.25) is 0 Å². The lowest BCUT2D eigenvalue weighted by Crippen LogP contribution is -2.50. The van der Waals surface area contributed by atoms with E-state index in [1.807, 2.05) is 25.7 Å². The summed E-state index contributed by atoms with van der Waals surface area (Å²) in [6, 6.07) is 1.21. The van der Waals surface area contributed by atoms with Gasteiger partial charge in [-0.3, -0.25) is 0 Å². The molecule has 22 heavy (non-hydrogen) atoms. The number of carbonyl (C=O) groups is 1. The fourth-order valence-electron chi connectivity index (χ4n) is 3.73. The van der Waals surface area contributed by atoms with Gasteiger partial charge in [0.05, 0.1) is 0 Å². The fraction of sp³-hybridized carbons (Fsp3) is 0.944. The largest absolute Gasteiger partial charge is 0.444 e. The number of piperidine rings is 1. The predicted molar refractivity (Wildman–Crippen MR) is 90.0 cm³/mol. The maximum absolute atomic E-state index is 12.1. The van der Waals surface area contributed by atoms with Crippen LogP contribution in [0.1, 0.15) is 73.1 Å². The van der Waals surface area contributed by atoms with Gasteiger partial charge < -0.3 is 15.0 Å². The topological polar surface area (TPSA) is 41.6 Å². The predicted octanol–water partition coefficient (Wildman–Crippen LogP) is 3.94. The zero-order chi connectivity index (χ0) is 16.4. The van der Waals surface area contributed by atoms with E-state index in [9.17, 15) is 4.79 Å². The number of hydrogen-bond donors (Lipinski definition) is 1. The van der Waals surface area contributed by atoms with Crippen molar-refractivity contribution in [3.8, 4) is 0 Å². The van der Waals surface area contributed by atoms with Crippen molar-refractivity contribution in [2.75, 3.05) is 13.1 Å². The summed E-state index contributed by atoms with van der Waals surface area (Å²) >= 11 is 0. The van der Waals surface area contributed by atoms with Gasteiger partial charge in [0, 0.05) is 25.2 Å². The first-order valence-corrected chi connectivity index (χ1v) is 8.89. The van der Waals surface area contributed by atoms with E-state index in [0.717, 1.165) is 25.9 Å². The van der Waals surface area contributed by atoms with Crippen molar-refractivity contribution >= 4 is 6.09 Å². The Kier molecular flexibility index (Phi) is 5.41. The van der Waals surface area contributed by atoms with Crippen LogP contribution < -0.4 is 5.32 Å². The van der Waals surface area contributed by atoms with E-state index in [0.29, 0.717) is 17.5 Å². The molecule has 1 atom stereocenters. The number of likely N-dealkylation sites (tertiary alicyclic amines) is 1. The molecule has 128 valence electrons. The van der Waals surface area contributed by atoms with Gasteiger partial charge in [-0.25, -0.2) is 4.79 Å². The summed E-state index contributed by atoms with van der Waals surface area (Å²) in [5, 5.41) is 3.84. The van der Waals surface area contributed by atoms with Gasteiger partial charge in [-0.1, -0.05) is 20.3 Å². The lowest BCUT2D eigenvalue weighted by Gasteiger charge is -2.40. The van der Waals surface area contributed by atoms with Crippen molar-refractivity contribution in [2.24, 2.45) is 5.41 Å². The molecule has 1 saturated carbocycles. The van der Waals surface area contributed by atoms with Crippen LogP contribution in [0.5, 0.6) is 0 Å². The highest BCUT2D eigenvalue weighted by Gasteiger charge is 2.31. The Morgan fingerprint density at radius 3 is 2.32 bits per heavy atom. The second-order valence-corrected chi connectivity index (χ2v) is 8.87. The van der Waals surface area contributed by atoms with Crippen LogP contribution in [0, 0.1) is 5.41 Å². The smallest absolute Gasteiger partial charge is 0.410 e. The molecule has 0 aromatic rings. The van der Waals surface area contributed by atoms with Crippen molar-refractivity contribution in [3.05, 3.63) is 0 Å². The molecule has 1 aliphatic carbocycles. The van der Waals surface area contributed by atoms with Crippen molar-refractivity contribution in [2.45, 2.75) is 90.8 Å². The van der Waals surface area contributed by atoms with Gasteiger partial charge in [-0.15, -0.1) is 0 Å². The normalized spacial score (nSPS) is 26.8. The van der Waals surface area contributed by atoms with Crippen LogP contribution in [0.15, 0.2) is 0 Å². The lowest BCUT2D eigenvalue weighted by atomic mass is 9.75. The molecule has 1 heterocycles. The van der Waals surface area contributed by atoms with Crippen molar-refractivity contribution in [1.29, 1.82) is 0 Å². The molecule has 0 spiro atoms. The average molecular weight is 310 g/mol. The molecular weight excluding hydrogens is 276 g/mol. The molecule has 1 N–H and O–H groups in total. The molecule has 1 saturated heterocycles. The number of nitrogens with one attached hydrogen (secondary N) is 1. The number of carbonyl (C=O) groups excluding carboxylic acids is 1. The first-order valence-electron chi connectivity index (χ1n) is 8.89. The molecule has 0 bridgehead atoms. The van der Waals surface area contributed by atoms with Crippen LogP contribution in [0.2, 0.25) is 0 Å². The summed E-state index contributed by atoms with van der Waals surface area (Å²) in [7, 11) is 0. The molecule has 4 nitrogen and oxygen atoms in total. The van der Waals surface area contributed by atoms with Crippen LogP contribution in [-0.2, 0) is 4.74 Å². The van der Waals surface area contributed by atoms with Crippen molar-refractivity contribution in [3.63, 3.8) is 0 Å². The van der Waals surface area contributed by atoms with E-state index in [-0.39, 0.29) is 6.09 Å². The van der Waals surface area contributed by atoms with Gasteiger partial charge in [0.15, 0.2) is 0 Å². The molecule has 0 radical (unpaired) electrons. The van der Waals surface area contributed by atoms with Gasteiger partial charge >= 0.3 is 6.09 Å². The number of hydrogen-bond acceptors (Lipinski definition) is 3. The first-order chi connectivity index (χ1) is 10.1. The minimum Gasteiger partial charge on any atom is -0.444 e. The van der Waals surface area contributed by atoms with E-state index >= 15 is 0 Å². The van der Waals surface area contributed by atoms with Gasteiger partial charge in [-0.05, 0) is 58.3 Å². The Labute approximate surface area is 136 Å². The van der Waals surface area contributed by atoms with E-state index in [1.165, 1.54) is 25.7 Å². The number of rotatable bonds is 2. The molecule has 1 amide bonds. The molecule has 2 rings (SSSR count). The molecule has 4 heteroatoms. The van der Waals surface area contributed by atoms with Crippen LogP contribution in [-0.4, -0.2) is 41.8 Å². The summed E-state index contributed by atoms with van der Waals surface area (Å²) < 4.78 is 5.46. The molecule has 0 aromatic carbocycles. The van der Waals surface area contributed by atoms with Gasteiger partial charge in [-0.2, -0.15) is 0 Å². The first kappa shape index (κ1) is 17.6. The summed E-state index contributed by atoms with van der Waals surface area (Å²) in [5.74, 6) is 0. The minimum atomic E-state index is -0.403. The van der Waals surface area contributed by atoms with E-state index < -0.39 is 5.60 Å². The van der Waals surface area contributed by atoms with Crippen LogP contribution in [0.25, 0.3) is 0 Å². The Balaban J connectivity index is 1.74. The quantitative estimate of drug-likeness (QED) is 0.840. The van der Waals surface area contributed by atoms with Crippen molar-refractivity contribution < 1.29 is 9.53 Å². The van der Waals surface area contributed by atoms with Gasteiger partial charge in [0.25, 0.3) is 0 Å². The standard InChI is InChI=1S/C18H34N2O2/c1-17(2,3)22-16(21)20-11-8-14(9-12-20)19-15-7-6-10-18(4,5)13-15/h14-15,19H,6-13H2,1-5H3. The highest BCUT2D eigenvalue weighted by atomic mass is 16.6. The monoisotopic (exact) mass is 310 g/mol.